The van der Waals surface area contributed by atoms with Crippen molar-refractivity contribution in [3.05, 3.63) is 36.0 Å². The van der Waals surface area contributed by atoms with Crippen molar-refractivity contribution in [2.24, 2.45) is 0 Å². The Kier molecular flexibility index (Phi) is 2.00. The molecule has 0 aromatic carbocycles. The number of nitrogens with one attached hydrogen (secondary N) is 1. The Morgan fingerprint density at radius 3 is 3.12 bits per heavy atom. The van der Waals surface area contributed by atoms with Gasteiger partial charge in [0.2, 0.25) is 11.8 Å². The molecule has 0 spiro atoms. The first-order valence-corrected chi connectivity index (χ1v) is 5.55. The molecule has 0 bridgehead atoms. The summed E-state index contributed by atoms with van der Waals surface area (Å²) in [5, 5.41) is 15.3. The number of aromatic nitrogens is 3. The second-order valence-electron chi connectivity index (χ2n) is 3.18. The monoisotopic (exact) mass is 232 g/mol. The van der Waals surface area contributed by atoms with Crippen molar-refractivity contribution >= 4 is 27.9 Å². The van der Waals surface area contributed by atoms with E-state index < -0.39 is 0 Å². The van der Waals surface area contributed by atoms with Gasteiger partial charge in [-0.1, -0.05) is 6.07 Å². The molecule has 6 heteroatoms. The Morgan fingerprint density at radius 2 is 2.31 bits per heavy atom. The predicted molar refractivity (Wildman–Crippen MR) is 62.3 cm³/mol. The number of hydrogen-bond acceptors (Lipinski definition) is 5. The summed E-state index contributed by atoms with van der Waals surface area (Å²) in [5.41, 5.74) is 0.668. The Balaban J connectivity index is 2.10. The van der Waals surface area contributed by atoms with E-state index in [1.807, 2.05) is 23.7 Å². The third-order valence-corrected chi connectivity index (χ3v) is 2.87. The van der Waals surface area contributed by atoms with Crippen LogP contribution in [0.5, 0.6) is 5.88 Å². The van der Waals surface area contributed by atoms with Crippen LogP contribution < -0.4 is 5.32 Å². The van der Waals surface area contributed by atoms with Gasteiger partial charge in [0.25, 0.3) is 0 Å². The molecule has 0 aliphatic rings. The maximum atomic E-state index is 9.63. The quantitative estimate of drug-likeness (QED) is 0.711. The smallest absolute Gasteiger partial charge is 0.239 e. The third-order valence-electron chi connectivity index (χ3n) is 2.18. The van der Waals surface area contributed by atoms with Crippen LogP contribution in [0.4, 0.5) is 11.1 Å². The number of imidazole rings is 1. The van der Waals surface area contributed by atoms with Crippen LogP contribution in [-0.4, -0.2) is 19.5 Å². The second-order valence-corrected chi connectivity index (χ2v) is 4.07. The minimum Gasteiger partial charge on any atom is -0.492 e. The van der Waals surface area contributed by atoms with E-state index in [1.54, 1.807) is 16.7 Å². The molecular formula is C10H8N4OS. The van der Waals surface area contributed by atoms with E-state index in [0.717, 1.165) is 5.13 Å². The van der Waals surface area contributed by atoms with Gasteiger partial charge in [0, 0.05) is 17.8 Å². The standard InChI is InChI=1S/C10H8N4OS/c15-8-7-3-1-2-5-14(7)9(12-8)13-10-11-4-6-16-10/h1-6,15H,(H,11,12,13). The van der Waals surface area contributed by atoms with E-state index in [0.29, 0.717) is 11.5 Å². The molecule has 16 heavy (non-hydrogen) atoms. The van der Waals surface area contributed by atoms with Gasteiger partial charge in [0.1, 0.15) is 5.52 Å². The molecule has 0 aliphatic heterocycles. The van der Waals surface area contributed by atoms with E-state index in [2.05, 4.69) is 15.3 Å². The fraction of sp³-hybridized carbons (Fsp3) is 0. The normalized spacial score (nSPS) is 10.8. The van der Waals surface area contributed by atoms with Crippen molar-refractivity contribution in [1.82, 2.24) is 14.4 Å². The predicted octanol–water partition coefficient (Wildman–Crippen LogP) is 2.24. The van der Waals surface area contributed by atoms with Gasteiger partial charge in [-0.15, -0.1) is 11.3 Å². The van der Waals surface area contributed by atoms with Crippen LogP contribution in [0, 0.1) is 0 Å². The molecular weight excluding hydrogens is 224 g/mol. The van der Waals surface area contributed by atoms with Crippen molar-refractivity contribution in [2.45, 2.75) is 0 Å². The van der Waals surface area contributed by atoms with Crippen molar-refractivity contribution in [3.8, 4) is 5.88 Å². The van der Waals surface area contributed by atoms with Gasteiger partial charge < -0.3 is 10.4 Å². The lowest BCUT2D eigenvalue weighted by atomic mass is 10.4. The molecule has 3 heterocycles. The summed E-state index contributed by atoms with van der Waals surface area (Å²) in [6.45, 7) is 0. The molecule has 5 nitrogen and oxygen atoms in total. The van der Waals surface area contributed by atoms with Gasteiger partial charge in [0.15, 0.2) is 5.13 Å². The number of aromatic hydroxyl groups is 1. The number of nitrogens with zero attached hydrogens (tertiary/aromatic N) is 3. The molecule has 0 unspecified atom stereocenters. The maximum absolute atomic E-state index is 9.63. The van der Waals surface area contributed by atoms with Crippen LogP contribution in [0.2, 0.25) is 0 Å². The summed E-state index contributed by atoms with van der Waals surface area (Å²) in [6.07, 6.45) is 3.54. The third kappa shape index (κ3) is 1.40. The molecule has 3 rings (SSSR count). The number of pyridine rings is 1. The molecule has 0 amide bonds. The van der Waals surface area contributed by atoms with Gasteiger partial charge in [-0.05, 0) is 12.1 Å². The maximum Gasteiger partial charge on any atom is 0.239 e. The van der Waals surface area contributed by atoms with Gasteiger partial charge in [-0.3, -0.25) is 4.40 Å². The Bertz CT molecular complexity index is 617. The Morgan fingerprint density at radius 1 is 1.38 bits per heavy atom. The largest absolute Gasteiger partial charge is 0.492 e. The SMILES string of the molecule is Oc1nc(Nc2nccs2)n2ccccc12. The first kappa shape index (κ1) is 9.17. The second kappa shape index (κ2) is 3.49. The molecule has 0 saturated heterocycles. The van der Waals surface area contributed by atoms with Gasteiger partial charge >= 0.3 is 0 Å². The van der Waals surface area contributed by atoms with Crippen molar-refractivity contribution in [2.75, 3.05) is 5.32 Å². The lowest BCUT2D eigenvalue weighted by Gasteiger charge is -1.99. The van der Waals surface area contributed by atoms with Gasteiger partial charge in [-0.2, -0.15) is 4.98 Å². The zero-order valence-corrected chi connectivity index (χ0v) is 8.98. The lowest BCUT2D eigenvalue weighted by Crippen LogP contribution is -1.95. The highest BCUT2D eigenvalue weighted by Gasteiger charge is 2.09. The van der Waals surface area contributed by atoms with Crippen molar-refractivity contribution in [3.63, 3.8) is 0 Å². The summed E-state index contributed by atoms with van der Waals surface area (Å²) < 4.78 is 1.77. The molecule has 2 N–H and O–H groups in total. The van der Waals surface area contributed by atoms with Crippen LogP contribution in [0.1, 0.15) is 0 Å². The van der Waals surface area contributed by atoms with E-state index in [9.17, 15) is 5.11 Å². The number of fused-ring (bicyclic) bond motifs is 1. The van der Waals surface area contributed by atoms with E-state index >= 15 is 0 Å². The molecule has 0 radical (unpaired) electrons. The van der Waals surface area contributed by atoms with Gasteiger partial charge in [-0.25, -0.2) is 4.98 Å². The Labute approximate surface area is 95.0 Å². The highest BCUT2D eigenvalue weighted by atomic mass is 32.1. The summed E-state index contributed by atoms with van der Waals surface area (Å²) in [4.78, 5) is 8.14. The highest BCUT2D eigenvalue weighted by molar-refractivity contribution is 7.13. The van der Waals surface area contributed by atoms with Crippen LogP contribution in [0.15, 0.2) is 36.0 Å². The molecule has 3 aromatic rings. The zero-order valence-electron chi connectivity index (χ0n) is 8.16. The number of anilines is 2. The van der Waals surface area contributed by atoms with E-state index in [4.69, 9.17) is 0 Å². The fourth-order valence-electron chi connectivity index (χ4n) is 1.49. The average molecular weight is 232 g/mol. The first-order valence-electron chi connectivity index (χ1n) is 4.67. The zero-order chi connectivity index (χ0) is 11.0. The summed E-state index contributed by atoms with van der Waals surface area (Å²) in [7, 11) is 0. The minimum absolute atomic E-state index is 0.0136. The molecule has 0 aliphatic carbocycles. The first-order chi connectivity index (χ1) is 7.84. The van der Waals surface area contributed by atoms with Crippen LogP contribution >= 0.6 is 11.3 Å². The molecule has 0 saturated carbocycles. The van der Waals surface area contributed by atoms with E-state index in [-0.39, 0.29) is 5.88 Å². The van der Waals surface area contributed by atoms with Crippen molar-refractivity contribution < 1.29 is 5.11 Å². The van der Waals surface area contributed by atoms with E-state index in [1.165, 1.54) is 11.3 Å². The van der Waals surface area contributed by atoms with Crippen molar-refractivity contribution in [1.29, 1.82) is 0 Å². The van der Waals surface area contributed by atoms with Crippen LogP contribution in [-0.2, 0) is 0 Å². The summed E-state index contributed by atoms with van der Waals surface area (Å²) in [6, 6.07) is 5.53. The summed E-state index contributed by atoms with van der Waals surface area (Å²) in [5.74, 6) is 0.572. The summed E-state index contributed by atoms with van der Waals surface area (Å²) >= 11 is 1.48. The Hall–Kier alpha value is -2.08. The minimum atomic E-state index is 0.0136. The average Bonchev–Trinajstić information content (AvgIpc) is 2.90. The van der Waals surface area contributed by atoms with Crippen LogP contribution in [0.3, 0.4) is 0 Å². The number of thiazole rings is 1. The molecule has 80 valence electrons. The topological polar surface area (TPSA) is 62.5 Å². The number of rotatable bonds is 2. The molecule has 0 atom stereocenters. The van der Waals surface area contributed by atoms with Crippen LogP contribution in [0.25, 0.3) is 5.52 Å². The van der Waals surface area contributed by atoms with Gasteiger partial charge in [0.05, 0.1) is 0 Å². The molecule has 0 fully saturated rings. The molecule has 3 aromatic heterocycles. The lowest BCUT2D eigenvalue weighted by molar-refractivity contribution is 0.463. The highest BCUT2D eigenvalue weighted by Crippen LogP contribution is 2.24. The fourth-order valence-corrected chi connectivity index (χ4v) is 2.01. The number of hydrogen-bond donors (Lipinski definition) is 2.